The van der Waals surface area contributed by atoms with Crippen LogP contribution in [0, 0.1) is 5.92 Å². The van der Waals surface area contributed by atoms with Crippen LogP contribution < -0.4 is 4.90 Å². The molecule has 2 aromatic carbocycles. The topological polar surface area (TPSA) is 75.4 Å². The van der Waals surface area contributed by atoms with Gasteiger partial charge < -0.3 is 14.3 Å². The van der Waals surface area contributed by atoms with Crippen molar-refractivity contribution >= 4 is 22.8 Å². The highest BCUT2D eigenvalue weighted by molar-refractivity contribution is 5.98. The lowest BCUT2D eigenvalue weighted by atomic mass is 10.0. The highest BCUT2D eigenvalue weighted by atomic mass is 16.5. The van der Waals surface area contributed by atoms with Crippen LogP contribution in [-0.4, -0.2) is 52.1 Å². The summed E-state index contributed by atoms with van der Waals surface area (Å²) in [5.41, 5.74) is 3.38. The van der Waals surface area contributed by atoms with E-state index in [1.165, 1.54) is 25.7 Å². The SMILES string of the molecule is O=C(CCC1CCCC1)N1CCN(c2nc(Cc3ccccc3)nc3onc(-c4ccccc4)c23)CC1. The first-order valence-electron chi connectivity index (χ1n) is 13.5. The first kappa shape index (κ1) is 23.6. The molecule has 1 aliphatic carbocycles. The molecular weight excluding hydrogens is 462 g/mol. The van der Waals surface area contributed by atoms with Crippen LogP contribution >= 0.6 is 0 Å². The largest absolute Gasteiger partial charge is 0.352 e. The van der Waals surface area contributed by atoms with Crippen LogP contribution in [0.2, 0.25) is 0 Å². The molecule has 3 heterocycles. The predicted molar refractivity (Wildman–Crippen MR) is 144 cm³/mol. The molecule has 2 aliphatic rings. The van der Waals surface area contributed by atoms with Gasteiger partial charge in [-0.1, -0.05) is 91.5 Å². The van der Waals surface area contributed by atoms with Gasteiger partial charge in [0, 0.05) is 44.6 Å². The van der Waals surface area contributed by atoms with Gasteiger partial charge in [0.05, 0.1) is 0 Å². The standard InChI is InChI=1S/C30H33N5O2/c36-26(16-15-22-9-7-8-10-22)34-17-19-35(20-18-34)29-27-28(24-13-5-2-6-14-24)33-37-30(27)32-25(31-29)21-23-11-3-1-4-12-23/h1-6,11-14,22H,7-10,15-21H2. The molecule has 0 spiro atoms. The monoisotopic (exact) mass is 495 g/mol. The minimum absolute atomic E-state index is 0.291. The summed E-state index contributed by atoms with van der Waals surface area (Å²) in [6.45, 7) is 2.86. The van der Waals surface area contributed by atoms with Gasteiger partial charge in [-0.05, 0) is 17.9 Å². The van der Waals surface area contributed by atoms with Crippen molar-refractivity contribution in [3.63, 3.8) is 0 Å². The number of piperazine rings is 1. The van der Waals surface area contributed by atoms with Crippen molar-refractivity contribution in [1.82, 2.24) is 20.0 Å². The average molecular weight is 496 g/mol. The fourth-order valence-electron chi connectivity index (χ4n) is 5.71. The van der Waals surface area contributed by atoms with E-state index in [0.29, 0.717) is 43.4 Å². The number of aromatic nitrogens is 3. The maximum Gasteiger partial charge on any atom is 0.263 e. The number of rotatable bonds is 7. The Morgan fingerprint density at radius 3 is 2.32 bits per heavy atom. The van der Waals surface area contributed by atoms with Crippen molar-refractivity contribution in [2.75, 3.05) is 31.1 Å². The van der Waals surface area contributed by atoms with Gasteiger partial charge in [0.15, 0.2) is 0 Å². The Kier molecular flexibility index (Phi) is 6.84. The summed E-state index contributed by atoms with van der Waals surface area (Å²) >= 11 is 0. The second kappa shape index (κ2) is 10.7. The molecule has 0 unspecified atom stereocenters. The molecule has 1 aliphatic heterocycles. The molecule has 190 valence electrons. The number of hydrogen-bond acceptors (Lipinski definition) is 6. The Morgan fingerprint density at radius 2 is 1.59 bits per heavy atom. The van der Waals surface area contributed by atoms with E-state index in [2.05, 4.69) is 22.2 Å². The predicted octanol–water partition coefficient (Wildman–Crippen LogP) is 5.49. The molecule has 1 amide bonds. The van der Waals surface area contributed by atoms with Crippen LogP contribution in [-0.2, 0) is 11.2 Å². The third-order valence-electron chi connectivity index (χ3n) is 7.79. The van der Waals surface area contributed by atoms with E-state index in [4.69, 9.17) is 14.5 Å². The van der Waals surface area contributed by atoms with Gasteiger partial charge in [-0.3, -0.25) is 4.79 Å². The molecule has 6 rings (SSSR count). The highest BCUT2D eigenvalue weighted by Crippen LogP contribution is 2.34. The first-order valence-corrected chi connectivity index (χ1v) is 13.5. The van der Waals surface area contributed by atoms with E-state index >= 15 is 0 Å². The van der Waals surface area contributed by atoms with Gasteiger partial charge in [0.25, 0.3) is 5.71 Å². The fourth-order valence-corrected chi connectivity index (χ4v) is 5.71. The van der Waals surface area contributed by atoms with E-state index < -0.39 is 0 Å². The Balaban J connectivity index is 1.25. The number of anilines is 1. The summed E-state index contributed by atoms with van der Waals surface area (Å²) < 4.78 is 5.76. The molecule has 0 atom stereocenters. The van der Waals surface area contributed by atoms with E-state index in [0.717, 1.165) is 53.5 Å². The Hall–Kier alpha value is -3.74. The summed E-state index contributed by atoms with van der Waals surface area (Å²) in [6.07, 6.45) is 7.56. The summed E-state index contributed by atoms with van der Waals surface area (Å²) in [5, 5.41) is 5.24. The van der Waals surface area contributed by atoms with E-state index in [9.17, 15) is 4.79 Å². The number of nitrogens with zero attached hydrogens (tertiary/aromatic N) is 5. The maximum absolute atomic E-state index is 12.9. The van der Waals surface area contributed by atoms with E-state index in [-0.39, 0.29) is 0 Å². The molecule has 0 N–H and O–H groups in total. The summed E-state index contributed by atoms with van der Waals surface area (Å²) in [5.74, 6) is 2.58. The average Bonchev–Trinajstić information content (AvgIpc) is 3.63. The van der Waals surface area contributed by atoms with Gasteiger partial charge in [-0.15, -0.1) is 0 Å². The molecule has 37 heavy (non-hydrogen) atoms. The molecular formula is C30H33N5O2. The normalized spacial score (nSPS) is 16.5. The minimum atomic E-state index is 0.291. The lowest BCUT2D eigenvalue weighted by Crippen LogP contribution is -2.49. The molecule has 0 bridgehead atoms. The van der Waals surface area contributed by atoms with Gasteiger partial charge in [0.1, 0.15) is 22.7 Å². The van der Waals surface area contributed by atoms with Crippen LogP contribution in [0.5, 0.6) is 0 Å². The zero-order valence-corrected chi connectivity index (χ0v) is 21.2. The van der Waals surface area contributed by atoms with Crippen molar-refractivity contribution in [2.24, 2.45) is 5.92 Å². The van der Waals surface area contributed by atoms with Crippen molar-refractivity contribution in [3.05, 3.63) is 72.1 Å². The van der Waals surface area contributed by atoms with Crippen molar-refractivity contribution in [2.45, 2.75) is 44.9 Å². The Morgan fingerprint density at radius 1 is 0.892 bits per heavy atom. The van der Waals surface area contributed by atoms with Gasteiger partial charge in [-0.25, -0.2) is 4.98 Å². The van der Waals surface area contributed by atoms with Crippen LogP contribution in [0.3, 0.4) is 0 Å². The molecule has 7 heteroatoms. The smallest absolute Gasteiger partial charge is 0.263 e. The van der Waals surface area contributed by atoms with Crippen LogP contribution in [0.25, 0.3) is 22.4 Å². The number of hydrogen-bond donors (Lipinski definition) is 0. The third kappa shape index (κ3) is 5.22. The highest BCUT2D eigenvalue weighted by Gasteiger charge is 2.27. The molecule has 1 saturated heterocycles. The molecule has 7 nitrogen and oxygen atoms in total. The zero-order chi connectivity index (χ0) is 25.0. The zero-order valence-electron chi connectivity index (χ0n) is 21.2. The quantitative estimate of drug-likeness (QED) is 0.337. The van der Waals surface area contributed by atoms with Crippen LogP contribution in [0.15, 0.2) is 65.2 Å². The summed E-state index contributed by atoms with van der Waals surface area (Å²) in [7, 11) is 0. The van der Waals surface area contributed by atoms with Gasteiger partial charge >= 0.3 is 0 Å². The van der Waals surface area contributed by atoms with E-state index in [1.807, 2.05) is 53.4 Å². The third-order valence-corrected chi connectivity index (χ3v) is 7.79. The van der Waals surface area contributed by atoms with Gasteiger partial charge in [-0.2, -0.15) is 4.98 Å². The van der Waals surface area contributed by atoms with Gasteiger partial charge in [0.2, 0.25) is 5.91 Å². The molecule has 1 saturated carbocycles. The molecule has 4 aromatic rings. The fraction of sp³-hybridized carbons (Fsp3) is 0.400. The number of amides is 1. The summed E-state index contributed by atoms with van der Waals surface area (Å²) in [6, 6.07) is 20.3. The number of fused-ring (bicyclic) bond motifs is 1. The van der Waals surface area contributed by atoms with Crippen molar-refractivity contribution < 1.29 is 9.32 Å². The van der Waals surface area contributed by atoms with Crippen LogP contribution in [0.1, 0.15) is 49.9 Å². The minimum Gasteiger partial charge on any atom is -0.352 e. The maximum atomic E-state index is 12.9. The number of carbonyl (C=O) groups is 1. The number of carbonyl (C=O) groups excluding carboxylic acids is 1. The van der Waals surface area contributed by atoms with Crippen LogP contribution in [0.4, 0.5) is 5.82 Å². The van der Waals surface area contributed by atoms with Crippen molar-refractivity contribution in [1.29, 1.82) is 0 Å². The molecule has 0 radical (unpaired) electrons. The lowest BCUT2D eigenvalue weighted by molar-refractivity contribution is -0.131. The number of benzene rings is 2. The second-order valence-electron chi connectivity index (χ2n) is 10.3. The van der Waals surface area contributed by atoms with E-state index in [1.54, 1.807) is 0 Å². The molecule has 2 aromatic heterocycles. The Bertz CT molecular complexity index is 1340. The molecule has 2 fully saturated rings. The lowest BCUT2D eigenvalue weighted by Gasteiger charge is -2.36. The second-order valence-corrected chi connectivity index (χ2v) is 10.3. The Labute approximate surface area is 217 Å². The van der Waals surface area contributed by atoms with Crippen molar-refractivity contribution in [3.8, 4) is 11.3 Å². The summed E-state index contributed by atoms with van der Waals surface area (Å²) in [4.78, 5) is 27.0. The first-order chi connectivity index (χ1) is 18.2.